The maximum Gasteiger partial charge on any atom is 0.410 e. The number of fused-ring (bicyclic) bond motifs is 2. The lowest BCUT2D eigenvalue weighted by molar-refractivity contribution is 0.0618. The van der Waals surface area contributed by atoms with Gasteiger partial charge in [-0.1, -0.05) is 0 Å². The molecule has 0 radical (unpaired) electrons. The average molecular weight is 329 g/mol. The number of aryl methyl sites for hydroxylation is 1. The molecule has 3 heterocycles. The molecular formula is C17H19N3O4. The van der Waals surface area contributed by atoms with E-state index in [9.17, 15) is 14.7 Å². The summed E-state index contributed by atoms with van der Waals surface area (Å²) in [6, 6.07) is 5.00. The molecule has 7 nitrogen and oxygen atoms in total. The van der Waals surface area contributed by atoms with Crippen LogP contribution in [0, 0.1) is 6.92 Å². The summed E-state index contributed by atoms with van der Waals surface area (Å²) in [6.07, 6.45) is -0.293. The van der Waals surface area contributed by atoms with Crippen LogP contribution in [0.2, 0.25) is 0 Å². The summed E-state index contributed by atoms with van der Waals surface area (Å²) < 4.78 is 7.02. The number of carbonyl (C=O) groups is 2. The van der Waals surface area contributed by atoms with E-state index in [0.29, 0.717) is 31.8 Å². The van der Waals surface area contributed by atoms with Crippen LogP contribution in [0.4, 0.5) is 4.79 Å². The summed E-state index contributed by atoms with van der Waals surface area (Å²) in [4.78, 5) is 28.2. The zero-order valence-corrected chi connectivity index (χ0v) is 13.7. The standard InChI is InChI=1S/C17H19N3O4/c1-10-15(13-7-12(21)3-4-14(13)18(10)2)16(22)19-5-6-20-11(8-19)9-24-17(20)23/h3-4,7,11,21H,5-6,8-9H2,1-2H3/t11-/m1/s1. The Morgan fingerprint density at radius 1 is 1.33 bits per heavy atom. The smallest absolute Gasteiger partial charge is 0.410 e. The van der Waals surface area contributed by atoms with E-state index in [1.54, 1.807) is 21.9 Å². The van der Waals surface area contributed by atoms with Crippen LogP contribution in [0.15, 0.2) is 18.2 Å². The van der Waals surface area contributed by atoms with Crippen molar-refractivity contribution in [3.63, 3.8) is 0 Å². The molecule has 0 bridgehead atoms. The fourth-order valence-corrected chi connectivity index (χ4v) is 3.66. The summed E-state index contributed by atoms with van der Waals surface area (Å²) >= 11 is 0. The van der Waals surface area contributed by atoms with Crippen molar-refractivity contribution in [2.24, 2.45) is 7.05 Å². The Morgan fingerprint density at radius 2 is 2.12 bits per heavy atom. The Morgan fingerprint density at radius 3 is 2.92 bits per heavy atom. The highest BCUT2D eigenvalue weighted by Gasteiger charge is 2.39. The second kappa shape index (κ2) is 5.15. The zero-order chi connectivity index (χ0) is 17.0. The topological polar surface area (TPSA) is 75.0 Å². The number of aromatic hydroxyl groups is 1. The van der Waals surface area contributed by atoms with Crippen LogP contribution in [-0.2, 0) is 11.8 Å². The first-order valence-corrected chi connectivity index (χ1v) is 7.98. The van der Waals surface area contributed by atoms with Crippen LogP contribution in [0.3, 0.4) is 0 Å². The Bertz CT molecular complexity index is 857. The van der Waals surface area contributed by atoms with E-state index in [4.69, 9.17) is 4.74 Å². The first kappa shape index (κ1) is 14.9. The molecule has 126 valence electrons. The second-order valence-corrected chi connectivity index (χ2v) is 6.40. The van der Waals surface area contributed by atoms with Crippen LogP contribution in [-0.4, -0.2) is 63.8 Å². The number of carbonyl (C=O) groups excluding carboxylic acids is 2. The number of hydrogen-bond donors (Lipinski definition) is 1. The van der Waals surface area contributed by atoms with Gasteiger partial charge in [0.15, 0.2) is 0 Å². The van der Waals surface area contributed by atoms with E-state index in [-0.39, 0.29) is 23.8 Å². The highest BCUT2D eigenvalue weighted by Crippen LogP contribution is 2.30. The van der Waals surface area contributed by atoms with Gasteiger partial charge in [0.25, 0.3) is 5.91 Å². The molecule has 2 aliphatic heterocycles. The maximum atomic E-state index is 13.1. The molecule has 7 heteroatoms. The fraction of sp³-hybridized carbons (Fsp3) is 0.412. The van der Waals surface area contributed by atoms with Crippen molar-refractivity contribution in [2.75, 3.05) is 26.2 Å². The van der Waals surface area contributed by atoms with E-state index in [2.05, 4.69) is 0 Å². The van der Waals surface area contributed by atoms with Crippen molar-refractivity contribution in [2.45, 2.75) is 13.0 Å². The molecule has 2 amide bonds. The normalized spacial score (nSPS) is 20.4. The Labute approximate surface area is 139 Å². The van der Waals surface area contributed by atoms with Gasteiger partial charge in [-0.15, -0.1) is 0 Å². The third-order valence-corrected chi connectivity index (χ3v) is 5.09. The highest BCUT2D eigenvalue weighted by atomic mass is 16.6. The van der Waals surface area contributed by atoms with Gasteiger partial charge in [0.05, 0.1) is 11.6 Å². The summed E-state index contributed by atoms with van der Waals surface area (Å²) in [5.74, 6) is 0.0736. The van der Waals surface area contributed by atoms with E-state index in [0.717, 1.165) is 16.6 Å². The van der Waals surface area contributed by atoms with Crippen LogP contribution >= 0.6 is 0 Å². The minimum absolute atomic E-state index is 0.0669. The van der Waals surface area contributed by atoms with Crippen LogP contribution in [0.1, 0.15) is 16.1 Å². The number of ether oxygens (including phenoxy) is 1. The average Bonchev–Trinajstić information content (AvgIpc) is 3.05. The summed E-state index contributed by atoms with van der Waals surface area (Å²) in [5, 5.41) is 10.6. The minimum atomic E-state index is -0.293. The Kier molecular flexibility index (Phi) is 3.19. The van der Waals surface area contributed by atoms with Crippen molar-refractivity contribution in [3.8, 4) is 5.75 Å². The monoisotopic (exact) mass is 329 g/mol. The lowest BCUT2D eigenvalue weighted by atomic mass is 10.1. The number of phenols is 1. The molecule has 1 N–H and O–H groups in total. The van der Waals surface area contributed by atoms with Crippen molar-refractivity contribution in [1.29, 1.82) is 0 Å². The molecule has 24 heavy (non-hydrogen) atoms. The van der Waals surface area contributed by atoms with Gasteiger partial charge in [-0.2, -0.15) is 0 Å². The number of benzene rings is 1. The molecule has 1 aromatic carbocycles. The maximum absolute atomic E-state index is 13.1. The SMILES string of the molecule is Cc1c(C(=O)N2CCN3C(=O)OC[C@H]3C2)c2cc(O)ccc2n1C. The molecule has 0 aliphatic carbocycles. The first-order valence-electron chi connectivity index (χ1n) is 7.98. The largest absolute Gasteiger partial charge is 0.508 e. The summed E-state index contributed by atoms with van der Waals surface area (Å²) in [6.45, 7) is 3.68. The molecular weight excluding hydrogens is 310 g/mol. The molecule has 4 rings (SSSR count). The molecule has 2 saturated heterocycles. The number of phenolic OH excluding ortho intramolecular Hbond substituents is 1. The van der Waals surface area contributed by atoms with Crippen molar-refractivity contribution < 1.29 is 19.4 Å². The number of nitrogens with zero attached hydrogens (tertiary/aromatic N) is 3. The van der Waals surface area contributed by atoms with E-state index >= 15 is 0 Å². The first-order chi connectivity index (χ1) is 11.5. The fourth-order valence-electron chi connectivity index (χ4n) is 3.66. The second-order valence-electron chi connectivity index (χ2n) is 6.40. The van der Waals surface area contributed by atoms with Crippen LogP contribution in [0.25, 0.3) is 10.9 Å². The molecule has 2 aliphatic rings. The van der Waals surface area contributed by atoms with Gasteiger partial charge in [0.2, 0.25) is 0 Å². The van der Waals surface area contributed by atoms with Gasteiger partial charge in [-0.05, 0) is 25.1 Å². The van der Waals surface area contributed by atoms with E-state index in [1.807, 2.05) is 24.6 Å². The molecule has 0 spiro atoms. The van der Waals surface area contributed by atoms with E-state index < -0.39 is 0 Å². The minimum Gasteiger partial charge on any atom is -0.508 e. The predicted octanol–water partition coefficient (Wildman–Crippen LogP) is 1.47. The Hall–Kier alpha value is -2.70. The van der Waals surface area contributed by atoms with E-state index in [1.165, 1.54) is 0 Å². The van der Waals surface area contributed by atoms with Crippen LogP contribution < -0.4 is 0 Å². The number of rotatable bonds is 1. The molecule has 1 atom stereocenters. The number of piperazine rings is 1. The van der Waals surface area contributed by atoms with Crippen molar-refractivity contribution in [3.05, 3.63) is 29.5 Å². The summed E-state index contributed by atoms with van der Waals surface area (Å²) in [5.41, 5.74) is 2.38. The number of hydrogen-bond acceptors (Lipinski definition) is 4. The molecule has 0 saturated carbocycles. The van der Waals surface area contributed by atoms with Gasteiger partial charge < -0.3 is 19.3 Å². The lowest BCUT2D eigenvalue weighted by Gasteiger charge is -2.35. The van der Waals surface area contributed by atoms with Crippen molar-refractivity contribution in [1.82, 2.24) is 14.4 Å². The highest BCUT2D eigenvalue weighted by molar-refractivity contribution is 6.08. The summed E-state index contributed by atoms with van der Waals surface area (Å²) in [7, 11) is 1.91. The third-order valence-electron chi connectivity index (χ3n) is 5.09. The molecule has 1 aromatic heterocycles. The zero-order valence-electron chi connectivity index (χ0n) is 13.7. The van der Waals surface area contributed by atoms with Gasteiger partial charge in [-0.25, -0.2) is 4.79 Å². The van der Waals surface area contributed by atoms with Crippen molar-refractivity contribution >= 4 is 22.9 Å². The van der Waals surface area contributed by atoms with Gasteiger partial charge in [0.1, 0.15) is 12.4 Å². The number of cyclic esters (lactones) is 1. The number of aromatic nitrogens is 1. The molecule has 2 aromatic rings. The lowest BCUT2D eigenvalue weighted by Crippen LogP contribution is -2.53. The third kappa shape index (κ3) is 2.04. The Balaban J connectivity index is 1.70. The molecule has 2 fully saturated rings. The predicted molar refractivity (Wildman–Crippen MR) is 87.1 cm³/mol. The molecule has 0 unspecified atom stereocenters. The van der Waals surface area contributed by atoms with Gasteiger partial charge in [-0.3, -0.25) is 9.69 Å². The van der Waals surface area contributed by atoms with Gasteiger partial charge in [0, 0.05) is 43.3 Å². The van der Waals surface area contributed by atoms with Crippen LogP contribution in [0.5, 0.6) is 5.75 Å². The quantitative estimate of drug-likeness (QED) is 0.860. The van der Waals surface area contributed by atoms with Gasteiger partial charge >= 0.3 is 6.09 Å². The number of amides is 2.